The van der Waals surface area contributed by atoms with E-state index in [9.17, 15) is 30.0 Å². The van der Waals surface area contributed by atoms with Crippen molar-refractivity contribution in [3.63, 3.8) is 0 Å². The molecule has 0 aromatic heterocycles. The molecule has 3 saturated heterocycles. The van der Waals surface area contributed by atoms with Crippen LogP contribution in [0.25, 0.3) is 0 Å². The highest BCUT2D eigenvalue weighted by atomic mass is 16.7. The number of likely N-dealkylation sites (N-methyl/N-ethyl adjacent to an activating group) is 1. The molecule has 0 saturated carbocycles. The second-order valence-corrected chi connectivity index (χ2v) is 15.8. The number of hydrogen-bond donors (Lipinski definition) is 4. The highest BCUT2D eigenvalue weighted by Gasteiger charge is 2.51. The van der Waals surface area contributed by atoms with Gasteiger partial charge in [-0.15, -0.1) is 0 Å². The maximum Gasteiger partial charge on any atom is 0.311 e. The van der Waals surface area contributed by atoms with Gasteiger partial charge >= 0.3 is 5.97 Å². The van der Waals surface area contributed by atoms with Gasteiger partial charge in [-0.2, -0.15) is 0 Å². The molecule has 4 unspecified atom stereocenters. The molecule has 0 radical (unpaired) electrons. The van der Waals surface area contributed by atoms with Gasteiger partial charge in [0, 0.05) is 43.2 Å². The van der Waals surface area contributed by atoms with E-state index in [0.29, 0.717) is 12.8 Å². The van der Waals surface area contributed by atoms with E-state index in [1.807, 2.05) is 32.8 Å². The highest BCUT2D eigenvalue weighted by Crippen LogP contribution is 2.39. The minimum atomic E-state index is -1.71. The minimum Gasteiger partial charge on any atom is -0.462 e. The van der Waals surface area contributed by atoms with Crippen molar-refractivity contribution >= 4 is 11.8 Å². The summed E-state index contributed by atoms with van der Waals surface area (Å²) in [5, 5.41) is 45.7. The van der Waals surface area contributed by atoms with Crippen LogP contribution in [0.2, 0.25) is 0 Å². The zero-order valence-corrected chi connectivity index (χ0v) is 31.7. The van der Waals surface area contributed by atoms with Gasteiger partial charge in [-0.25, -0.2) is 0 Å². The van der Waals surface area contributed by atoms with Gasteiger partial charge in [-0.1, -0.05) is 34.6 Å². The summed E-state index contributed by atoms with van der Waals surface area (Å²) in [5.74, 6) is -4.56. The fourth-order valence-electron chi connectivity index (χ4n) is 7.97. The number of rotatable bonds is 7. The first kappa shape index (κ1) is 42.2. The number of aliphatic hydroxyl groups excluding tert-OH is 3. The summed E-state index contributed by atoms with van der Waals surface area (Å²) >= 11 is 0. The number of aliphatic hydroxyl groups is 4. The Labute approximate surface area is 292 Å². The summed E-state index contributed by atoms with van der Waals surface area (Å²) in [7, 11) is 5.23. The zero-order chi connectivity index (χ0) is 37.2. The van der Waals surface area contributed by atoms with E-state index < -0.39 is 96.0 Å². The standard InChI is InChI=1S/C36H65NO12/c1-13-25-20(4)29(40)21(5)28(39)18(2)15-35(8,43)32(49-34-30(41)24(37(10)11)14-19(3)46-34)22(6)31(23(7)33(42)47-25)48-27-16-36(9,44-12)26(38)17-45-27/h18-27,29-32,34,38,40-41,43H,13-17H2,1-12H3/t18-,19-,20+,21+,22+,23-,24+,25-,26?,27?,29+,30-,31?,32-,34?,35-,36-/m1/s1. The Hall–Kier alpha value is -1.26. The molecule has 0 aromatic rings. The SMILES string of the molecule is CC[C@H]1OC(=O)[C@H](C)C(OC2C[C@@](C)(OC)C(O)CO2)[C@H](C)[C@@H](OC2O[C@H](C)C[C@H](N(C)C)[C@H]2O)[C@](C)(O)C[C@@H](C)C(=O)[C@H](C)[C@@H](O)[C@H]1C. The lowest BCUT2D eigenvalue weighted by molar-refractivity contribution is -0.311. The molecule has 4 N–H and O–H groups in total. The van der Waals surface area contributed by atoms with Crippen LogP contribution in [-0.4, -0.2) is 137 Å². The third-order valence-corrected chi connectivity index (χ3v) is 11.5. The first-order valence-corrected chi connectivity index (χ1v) is 18.0. The van der Waals surface area contributed by atoms with Crippen LogP contribution in [0.3, 0.4) is 0 Å². The van der Waals surface area contributed by atoms with Gasteiger partial charge in [-0.05, 0) is 61.1 Å². The Kier molecular flexibility index (Phi) is 14.7. The molecular formula is C36H65NO12. The molecule has 0 aromatic carbocycles. The molecule has 17 atom stereocenters. The minimum absolute atomic E-state index is 0.0433. The molecule has 0 aliphatic carbocycles. The third-order valence-electron chi connectivity index (χ3n) is 11.5. The van der Waals surface area contributed by atoms with Gasteiger partial charge in [0.05, 0.1) is 48.1 Å². The number of ketones is 1. The van der Waals surface area contributed by atoms with E-state index in [-0.39, 0.29) is 37.4 Å². The number of ether oxygens (including phenoxy) is 6. The van der Waals surface area contributed by atoms with E-state index in [4.69, 9.17) is 28.4 Å². The van der Waals surface area contributed by atoms with Crippen molar-refractivity contribution in [3.05, 3.63) is 0 Å². The predicted octanol–water partition coefficient (Wildman–Crippen LogP) is 2.28. The average molecular weight is 704 g/mol. The molecule has 13 heteroatoms. The summed E-state index contributed by atoms with van der Waals surface area (Å²) in [6.45, 7) is 15.6. The van der Waals surface area contributed by atoms with Crippen LogP contribution in [0.5, 0.6) is 0 Å². The number of cyclic esters (lactones) is 1. The quantitative estimate of drug-likeness (QED) is 0.285. The van der Waals surface area contributed by atoms with Gasteiger partial charge in [0.1, 0.15) is 24.1 Å². The van der Waals surface area contributed by atoms with Crippen molar-refractivity contribution in [2.75, 3.05) is 27.8 Å². The van der Waals surface area contributed by atoms with Crippen LogP contribution in [0.4, 0.5) is 0 Å². The summed E-state index contributed by atoms with van der Waals surface area (Å²) in [6, 6.07) is -0.293. The largest absolute Gasteiger partial charge is 0.462 e. The zero-order valence-electron chi connectivity index (χ0n) is 31.7. The molecule has 49 heavy (non-hydrogen) atoms. The Bertz CT molecular complexity index is 1090. The fraction of sp³-hybridized carbons (Fsp3) is 0.944. The Morgan fingerprint density at radius 2 is 1.55 bits per heavy atom. The van der Waals surface area contributed by atoms with Gasteiger partial charge < -0.3 is 53.7 Å². The van der Waals surface area contributed by atoms with Crippen molar-refractivity contribution in [3.8, 4) is 0 Å². The van der Waals surface area contributed by atoms with Gasteiger partial charge in [-0.3, -0.25) is 9.59 Å². The number of nitrogens with zero attached hydrogens (tertiary/aromatic N) is 1. The number of Topliss-reactive ketones (excluding diaryl/α,β-unsaturated/α-hetero) is 1. The molecule has 0 amide bonds. The molecule has 13 nitrogen and oxygen atoms in total. The van der Waals surface area contributed by atoms with Crippen LogP contribution in [-0.2, 0) is 38.0 Å². The van der Waals surface area contributed by atoms with Crippen LogP contribution in [0.1, 0.15) is 88.0 Å². The van der Waals surface area contributed by atoms with Crippen LogP contribution in [0, 0.1) is 29.6 Å². The fourth-order valence-corrected chi connectivity index (χ4v) is 7.97. The first-order valence-electron chi connectivity index (χ1n) is 18.0. The molecule has 3 aliphatic rings. The predicted molar refractivity (Wildman–Crippen MR) is 180 cm³/mol. The van der Waals surface area contributed by atoms with Crippen LogP contribution >= 0.6 is 0 Å². The van der Waals surface area contributed by atoms with Crippen molar-refractivity contribution in [1.29, 1.82) is 0 Å². The van der Waals surface area contributed by atoms with Crippen molar-refractivity contribution < 1.29 is 58.4 Å². The first-order chi connectivity index (χ1) is 22.7. The number of carbonyl (C=O) groups is 2. The third kappa shape index (κ3) is 9.60. The summed E-state index contributed by atoms with van der Waals surface area (Å²) in [6.07, 6.45) is -7.14. The maximum atomic E-state index is 14.0. The lowest BCUT2D eigenvalue weighted by Crippen LogP contribution is -2.60. The summed E-state index contributed by atoms with van der Waals surface area (Å²) in [5.41, 5.74) is -2.70. The monoisotopic (exact) mass is 703 g/mol. The number of methoxy groups -OCH3 is 1. The summed E-state index contributed by atoms with van der Waals surface area (Å²) < 4.78 is 36.9. The molecule has 0 spiro atoms. The van der Waals surface area contributed by atoms with Gasteiger partial charge in [0.15, 0.2) is 12.6 Å². The Balaban J connectivity index is 2.14. The Morgan fingerprint density at radius 3 is 2.12 bits per heavy atom. The number of hydrogen-bond acceptors (Lipinski definition) is 13. The Morgan fingerprint density at radius 1 is 0.918 bits per heavy atom. The second kappa shape index (κ2) is 17.0. The molecular weight excluding hydrogens is 638 g/mol. The molecule has 3 rings (SSSR count). The highest BCUT2D eigenvalue weighted by molar-refractivity contribution is 5.83. The maximum absolute atomic E-state index is 14.0. The number of carbonyl (C=O) groups excluding carboxylic acids is 2. The normalized spacial score (nSPS) is 48.2. The van der Waals surface area contributed by atoms with Crippen molar-refractivity contribution in [2.45, 2.75) is 161 Å². The molecule has 3 aliphatic heterocycles. The van der Waals surface area contributed by atoms with Gasteiger partial charge in [0.2, 0.25) is 0 Å². The van der Waals surface area contributed by atoms with E-state index >= 15 is 0 Å². The van der Waals surface area contributed by atoms with E-state index in [1.165, 1.54) is 7.11 Å². The van der Waals surface area contributed by atoms with Gasteiger partial charge in [0.25, 0.3) is 0 Å². The molecule has 0 bridgehead atoms. The molecule has 3 fully saturated rings. The average Bonchev–Trinajstić information content (AvgIpc) is 3.04. The van der Waals surface area contributed by atoms with Crippen molar-refractivity contribution in [1.82, 2.24) is 4.90 Å². The smallest absolute Gasteiger partial charge is 0.311 e. The van der Waals surface area contributed by atoms with Crippen LogP contribution in [0.15, 0.2) is 0 Å². The van der Waals surface area contributed by atoms with E-state index in [2.05, 4.69) is 0 Å². The molecule has 3 heterocycles. The summed E-state index contributed by atoms with van der Waals surface area (Å²) in [4.78, 5) is 29.6. The lowest BCUT2D eigenvalue weighted by Gasteiger charge is -2.48. The lowest BCUT2D eigenvalue weighted by atomic mass is 9.74. The topological polar surface area (TPSA) is 174 Å². The van der Waals surface area contributed by atoms with Crippen molar-refractivity contribution in [2.24, 2.45) is 29.6 Å². The second-order valence-electron chi connectivity index (χ2n) is 15.8. The number of esters is 1. The van der Waals surface area contributed by atoms with E-state index in [0.717, 1.165) is 0 Å². The van der Waals surface area contributed by atoms with Crippen LogP contribution < -0.4 is 0 Å². The molecule has 286 valence electrons. The van der Waals surface area contributed by atoms with E-state index in [1.54, 1.807) is 48.5 Å².